The number of rotatable bonds is 2. The van der Waals surface area contributed by atoms with E-state index < -0.39 is 40.2 Å². The maximum Gasteiger partial charge on any atom is 0.199 e. The molecular weight excluding hydrogens is 347 g/mol. The summed E-state index contributed by atoms with van der Waals surface area (Å²) in [4.78, 5) is 35.4. The Balaban J connectivity index is 1.81. The molecule has 5 heteroatoms. The summed E-state index contributed by atoms with van der Waals surface area (Å²) in [6, 6.07) is 0. The van der Waals surface area contributed by atoms with Gasteiger partial charge in [-0.2, -0.15) is 0 Å². The van der Waals surface area contributed by atoms with Crippen LogP contribution in [-0.4, -0.2) is 34.7 Å². The van der Waals surface area contributed by atoms with Crippen molar-refractivity contribution in [3.63, 3.8) is 0 Å². The third kappa shape index (κ3) is 2.15. The lowest BCUT2D eigenvalue weighted by molar-refractivity contribution is -0.195. The fourth-order valence-corrected chi connectivity index (χ4v) is 7.26. The van der Waals surface area contributed by atoms with Crippen molar-refractivity contribution in [2.45, 2.75) is 58.2 Å². The minimum absolute atomic E-state index is 0.0135. The maximum absolute atomic E-state index is 16.8. The Labute approximate surface area is 158 Å². The molecule has 0 spiro atoms. The highest BCUT2D eigenvalue weighted by molar-refractivity contribution is 6.26. The van der Waals surface area contributed by atoms with Crippen LogP contribution in [0.1, 0.15) is 46.5 Å². The van der Waals surface area contributed by atoms with Gasteiger partial charge >= 0.3 is 0 Å². The summed E-state index contributed by atoms with van der Waals surface area (Å²) in [6.45, 7) is 5.69. The van der Waals surface area contributed by atoms with E-state index >= 15 is 4.39 Å². The minimum atomic E-state index is -1.88. The minimum Gasteiger partial charge on any atom is -0.390 e. The number of fused-ring (bicyclic) bond motifs is 5. The Morgan fingerprint density at radius 3 is 2.70 bits per heavy atom. The van der Waals surface area contributed by atoms with Crippen molar-refractivity contribution in [3.05, 3.63) is 23.8 Å². The van der Waals surface area contributed by atoms with Crippen molar-refractivity contribution < 1.29 is 23.9 Å². The van der Waals surface area contributed by atoms with Gasteiger partial charge in [-0.15, -0.1) is 0 Å². The summed E-state index contributed by atoms with van der Waals surface area (Å²) < 4.78 is 16.8. The average molecular weight is 374 g/mol. The molecule has 0 unspecified atom stereocenters. The fraction of sp³-hybridized carbons (Fsp3) is 0.682. The van der Waals surface area contributed by atoms with Crippen molar-refractivity contribution in [1.29, 1.82) is 0 Å². The zero-order valence-corrected chi connectivity index (χ0v) is 16.1. The molecule has 4 rings (SSSR count). The first-order valence-corrected chi connectivity index (χ1v) is 9.90. The van der Waals surface area contributed by atoms with E-state index in [4.69, 9.17) is 0 Å². The zero-order valence-electron chi connectivity index (χ0n) is 16.1. The SMILES string of the molecule is C[C@@H]1C[C@H]2[C@@H]3CCC4=CC(=O)C=C[C@]4(C)[C@@]3(F)[C@@H](O)C[C@]2(C)[C@H]1C(=O)C=O. The Morgan fingerprint density at radius 2 is 2.04 bits per heavy atom. The molecule has 0 heterocycles. The number of carbonyl (C=O) groups excluding carboxylic acids is 3. The summed E-state index contributed by atoms with van der Waals surface area (Å²) in [5.74, 6) is -1.52. The lowest BCUT2D eigenvalue weighted by atomic mass is 9.45. The van der Waals surface area contributed by atoms with Crippen LogP contribution in [0.3, 0.4) is 0 Å². The van der Waals surface area contributed by atoms with Crippen molar-refractivity contribution in [2.24, 2.45) is 34.5 Å². The van der Waals surface area contributed by atoms with Crippen LogP contribution >= 0.6 is 0 Å². The van der Waals surface area contributed by atoms with Crippen LogP contribution in [0.25, 0.3) is 0 Å². The van der Waals surface area contributed by atoms with Crippen LogP contribution in [-0.2, 0) is 14.4 Å². The van der Waals surface area contributed by atoms with Gasteiger partial charge in [-0.05, 0) is 62.0 Å². The number of Topliss-reactive ketones (excluding diaryl/α,β-unsaturated/α-hetero) is 1. The van der Waals surface area contributed by atoms with Crippen molar-refractivity contribution >= 4 is 17.9 Å². The summed E-state index contributed by atoms with van der Waals surface area (Å²) in [7, 11) is 0. The number of carbonyl (C=O) groups is 3. The molecule has 0 bridgehead atoms. The molecule has 1 N–H and O–H groups in total. The molecule has 0 amide bonds. The third-order valence-corrected chi connectivity index (χ3v) is 8.40. The van der Waals surface area contributed by atoms with Gasteiger partial charge < -0.3 is 5.11 Å². The number of halogens is 1. The fourth-order valence-electron chi connectivity index (χ4n) is 7.26. The highest BCUT2D eigenvalue weighted by Gasteiger charge is 2.71. The Hall–Kier alpha value is -1.62. The summed E-state index contributed by atoms with van der Waals surface area (Å²) in [6.07, 6.45) is 5.70. The van der Waals surface area contributed by atoms with E-state index in [2.05, 4.69) is 0 Å². The van der Waals surface area contributed by atoms with Gasteiger partial charge in [0.2, 0.25) is 0 Å². The van der Waals surface area contributed by atoms with Crippen molar-refractivity contribution in [3.8, 4) is 0 Å². The van der Waals surface area contributed by atoms with E-state index in [-0.39, 0.29) is 24.0 Å². The highest BCUT2D eigenvalue weighted by atomic mass is 19.1. The number of hydrogen-bond donors (Lipinski definition) is 1. The van der Waals surface area contributed by atoms with Crippen LogP contribution in [0.5, 0.6) is 0 Å². The predicted octanol–water partition coefficient (Wildman–Crippen LogP) is 2.99. The number of ketones is 2. The molecule has 0 radical (unpaired) electrons. The number of aliphatic hydroxyl groups is 1. The predicted molar refractivity (Wildman–Crippen MR) is 97.5 cm³/mol. The Morgan fingerprint density at radius 1 is 1.33 bits per heavy atom. The first kappa shape index (κ1) is 18.7. The molecule has 0 aliphatic heterocycles. The molecule has 0 aromatic carbocycles. The van der Waals surface area contributed by atoms with Gasteiger partial charge in [0.1, 0.15) is 0 Å². The van der Waals surface area contributed by atoms with E-state index in [1.54, 1.807) is 13.0 Å². The molecule has 4 aliphatic carbocycles. The molecule has 4 aliphatic rings. The maximum atomic E-state index is 16.8. The molecule has 27 heavy (non-hydrogen) atoms. The quantitative estimate of drug-likeness (QED) is 0.596. The summed E-state index contributed by atoms with van der Waals surface area (Å²) in [5, 5.41) is 11.1. The second kappa shape index (κ2) is 5.69. The van der Waals surface area contributed by atoms with E-state index in [0.29, 0.717) is 25.5 Å². The molecule has 0 aromatic heterocycles. The largest absolute Gasteiger partial charge is 0.390 e. The van der Waals surface area contributed by atoms with Crippen LogP contribution < -0.4 is 0 Å². The second-order valence-electron chi connectivity index (χ2n) is 9.56. The number of alkyl halides is 1. The first-order valence-electron chi connectivity index (χ1n) is 9.90. The van der Waals surface area contributed by atoms with Crippen LogP contribution in [0, 0.1) is 34.5 Å². The molecule has 0 aromatic rings. The molecule has 0 saturated heterocycles. The smallest absolute Gasteiger partial charge is 0.199 e. The Bertz CT molecular complexity index is 785. The average Bonchev–Trinajstić information content (AvgIpc) is 2.86. The summed E-state index contributed by atoms with van der Waals surface area (Å²) in [5.41, 5.74) is -2.72. The van der Waals surface area contributed by atoms with Gasteiger partial charge in [0.25, 0.3) is 0 Å². The number of hydrogen-bond acceptors (Lipinski definition) is 4. The van der Waals surface area contributed by atoms with Gasteiger partial charge in [-0.1, -0.05) is 25.5 Å². The van der Waals surface area contributed by atoms with Crippen LogP contribution in [0.15, 0.2) is 23.8 Å². The van der Waals surface area contributed by atoms with Gasteiger partial charge in [0, 0.05) is 17.3 Å². The van der Waals surface area contributed by atoms with E-state index in [9.17, 15) is 19.5 Å². The van der Waals surface area contributed by atoms with Gasteiger partial charge in [0.15, 0.2) is 23.5 Å². The lowest BCUT2D eigenvalue weighted by Gasteiger charge is -2.61. The molecule has 4 nitrogen and oxygen atoms in total. The highest BCUT2D eigenvalue weighted by Crippen LogP contribution is 2.69. The standard InChI is InChI=1S/C22H27FO4/c1-12-8-16-15-5-4-13-9-14(25)6-7-21(13,3)22(15,23)18(27)10-20(16,2)19(12)17(26)11-24/h6-7,9,11-12,15-16,18-19,27H,4-5,8,10H2,1-3H3/t12-,15+,16+,18+,19-,20+,21+,22+/m1/s1. The Kier molecular flexibility index (Phi) is 3.95. The molecule has 146 valence electrons. The van der Waals surface area contributed by atoms with Crippen LogP contribution in [0.2, 0.25) is 0 Å². The topological polar surface area (TPSA) is 71.4 Å². The summed E-state index contributed by atoms with van der Waals surface area (Å²) >= 11 is 0. The molecule has 3 fully saturated rings. The van der Waals surface area contributed by atoms with E-state index in [1.165, 1.54) is 12.2 Å². The molecule has 8 atom stereocenters. The normalized spacial score (nSPS) is 51.1. The molecule has 3 saturated carbocycles. The van der Waals surface area contributed by atoms with Gasteiger partial charge in [-0.25, -0.2) is 4.39 Å². The van der Waals surface area contributed by atoms with Gasteiger partial charge in [0.05, 0.1) is 6.10 Å². The number of aldehydes is 1. The lowest BCUT2D eigenvalue weighted by Crippen LogP contribution is -2.66. The monoisotopic (exact) mass is 374 g/mol. The number of aliphatic hydroxyl groups excluding tert-OH is 1. The van der Waals surface area contributed by atoms with E-state index in [0.717, 1.165) is 5.57 Å². The second-order valence-corrected chi connectivity index (χ2v) is 9.56. The van der Waals surface area contributed by atoms with Crippen LogP contribution in [0.4, 0.5) is 4.39 Å². The number of allylic oxidation sites excluding steroid dienone is 4. The zero-order chi connectivity index (χ0) is 19.8. The van der Waals surface area contributed by atoms with Crippen molar-refractivity contribution in [2.75, 3.05) is 0 Å². The van der Waals surface area contributed by atoms with Crippen molar-refractivity contribution in [1.82, 2.24) is 0 Å². The first-order chi connectivity index (χ1) is 12.6. The van der Waals surface area contributed by atoms with Gasteiger partial charge in [-0.3, -0.25) is 14.4 Å². The third-order valence-electron chi connectivity index (χ3n) is 8.40. The molecular formula is C22H27FO4. The van der Waals surface area contributed by atoms with E-state index in [1.807, 2.05) is 13.8 Å².